The average molecular weight is 253 g/mol. The first kappa shape index (κ1) is 12.5. The van der Waals surface area contributed by atoms with Crippen LogP contribution >= 0.6 is 0 Å². The minimum atomic E-state index is -0.632. The van der Waals surface area contributed by atoms with Crippen LogP contribution in [0.3, 0.4) is 0 Å². The number of rotatable bonds is 3. The minimum Gasteiger partial charge on any atom is -0.355 e. The highest BCUT2D eigenvalue weighted by Gasteiger charge is 2.17. The topological polar surface area (TPSA) is 45.2 Å². The number of anilines is 1. The van der Waals surface area contributed by atoms with Gasteiger partial charge in [0.05, 0.1) is 0 Å². The van der Waals surface area contributed by atoms with E-state index >= 15 is 0 Å². The lowest BCUT2D eigenvalue weighted by atomic mass is 10.1. The third-order valence-electron chi connectivity index (χ3n) is 3.20. The van der Waals surface area contributed by atoms with E-state index in [0.717, 1.165) is 30.4 Å². The van der Waals surface area contributed by atoms with Gasteiger partial charge in [0.15, 0.2) is 0 Å². The fourth-order valence-electron chi connectivity index (χ4n) is 1.91. The maximum atomic E-state index is 11.3. The lowest BCUT2D eigenvalue weighted by Crippen LogP contribution is -2.38. The molecule has 1 atom stereocenters. The summed E-state index contributed by atoms with van der Waals surface area (Å²) in [6.45, 7) is 3.82. The van der Waals surface area contributed by atoms with Crippen LogP contribution in [0.4, 0.5) is 5.82 Å². The van der Waals surface area contributed by atoms with Gasteiger partial charge in [-0.25, -0.2) is 4.98 Å². The van der Waals surface area contributed by atoms with E-state index in [2.05, 4.69) is 28.2 Å². The van der Waals surface area contributed by atoms with Gasteiger partial charge in [-0.05, 0) is 31.7 Å². The number of pyridine rings is 1. The molecule has 0 radical (unpaired) electrons. The highest BCUT2D eigenvalue weighted by Crippen LogP contribution is 2.18. The first-order valence-corrected chi connectivity index (χ1v) is 7.42. The molecule has 17 heavy (non-hydrogen) atoms. The van der Waals surface area contributed by atoms with Crippen LogP contribution < -0.4 is 10.2 Å². The van der Waals surface area contributed by atoms with Gasteiger partial charge in [0.2, 0.25) is 0 Å². The summed E-state index contributed by atoms with van der Waals surface area (Å²) in [6, 6.07) is 4.48. The van der Waals surface area contributed by atoms with E-state index in [-0.39, 0.29) is 0 Å². The highest BCUT2D eigenvalue weighted by molar-refractivity contribution is 7.85. The van der Waals surface area contributed by atoms with Gasteiger partial charge in [-0.15, -0.1) is 0 Å². The Labute approximate surface area is 105 Å². The van der Waals surface area contributed by atoms with Crippen LogP contribution in [0.5, 0.6) is 0 Å². The third-order valence-corrected chi connectivity index (χ3v) is 4.48. The van der Waals surface area contributed by atoms with Crippen molar-refractivity contribution < 1.29 is 4.21 Å². The van der Waals surface area contributed by atoms with E-state index in [1.807, 2.05) is 19.3 Å². The standard InChI is InChI=1S/C12H19N3OS/c1-10(13-2)11-3-4-14-12(9-11)15-5-7-17(16)8-6-15/h3-4,9-10,13H,5-8H2,1-2H3. The fourth-order valence-corrected chi connectivity index (χ4v) is 2.96. The first-order valence-electron chi connectivity index (χ1n) is 5.94. The summed E-state index contributed by atoms with van der Waals surface area (Å²) in [4.78, 5) is 6.62. The maximum Gasteiger partial charge on any atom is 0.128 e. The van der Waals surface area contributed by atoms with Gasteiger partial charge in [0.25, 0.3) is 0 Å². The van der Waals surface area contributed by atoms with Gasteiger partial charge >= 0.3 is 0 Å². The summed E-state index contributed by atoms with van der Waals surface area (Å²) in [5, 5.41) is 3.22. The molecule has 4 nitrogen and oxygen atoms in total. The minimum absolute atomic E-state index is 0.329. The zero-order valence-electron chi connectivity index (χ0n) is 10.3. The predicted molar refractivity (Wildman–Crippen MR) is 71.8 cm³/mol. The van der Waals surface area contributed by atoms with Crippen molar-refractivity contribution >= 4 is 16.6 Å². The molecule has 1 aromatic rings. The second-order valence-electron chi connectivity index (χ2n) is 4.29. The fraction of sp³-hybridized carbons (Fsp3) is 0.583. The van der Waals surface area contributed by atoms with Crippen molar-refractivity contribution in [1.29, 1.82) is 0 Å². The smallest absolute Gasteiger partial charge is 0.128 e. The molecule has 94 valence electrons. The Morgan fingerprint density at radius 1 is 1.47 bits per heavy atom. The Bertz CT molecular complexity index is 400. The molecule has 0 spiro atoms. The van der Waals surface area contributed by atoms with E-state index in [1.165, 1.54) is 5.56 Å². The predicted octanol–water partition coefficient (Wildman–Crippen LogP) is 0.931. The molecule has 1 N–H and O–H groups in total. The van der Waals surface area contributed by atoms with Gasteiger partial charge in [-0.2, -0.15) is 0 Å². The zero-order valence-corrected chi connectivity index (χ0v) is 11.2. The molecule has 1 saturated heterocycles. The molecular formula is C12H19N3OS. The molecule has 1 aliphatic rings. The number of nitrogens with zero attached hydrogens (tertiary/aromatic N) is 2. The summed E-state index contributed by atoms with van der Waals surface area (Å²) in [5.74, 6) is 2.52. The second-order valence-corrected chi connectivity index (χ2v) is 5.99. The van der Waals surface area contributed by atoms with E-state index in [0.29, 0.717) is 6.04 Å². The molecule has 0 bridgehead atoms. The SMILES string of the molecule is CNC(C)c1ccnc(N2CCS(=O)CC2)c1. The largest absolute Gasteiger partial charge is 0.355 e. The van der Waals surface area contributed by atoms with Gasteiger partial charge in [-0.1, -0.05) is 0 Å². The molecular weight excluding hydrogens is 234 g/mol. The Balaban J connectivity index is 2.13. The Kier molecular flexibility index (Phi) is 4.12. The summed E-state index contributed by atoms with van der Waals surface area (Å²) >= 11 is 0. The molecule has 2 rings (SSSR count). The van der Waals surface area contributed by atoms with Crippen molar-refractivity contribution in [1.82, 2.24) is 10.3 Å². The van der Waals surface area contributed by atoms with E-state index in [4.69, 9.17) is 0 Å². The van der Waals surface area contributed by atoms with E-state index in [9.17, 15) is 4.21 Å². The van der Waals surface area contributed by atoms with Crippen LogP contribution in [0.2, 0.25) is 0 Å². The molecule has 0 saturated carbocycles. The molecule has 1 aromatic heterocycles. The number of nitrogens with one attached hydrogen (secondary N) is 1. The van der Waals surface area contributed by atoms with Crippen LogP contribution in [0.15, 0.2) is 18.3 Å². The Hall–Kier alpha value is -0.940. The molecule has 1 aliphatic heterocycles. The maximum absolute atomic E-state index is 11.3. The van der Waals surface area contributed by atoms with Crippen molar-refractivity contribution in [3.8, 4) is 0 Å². The average Bonchev–Trinajstić information content (AvgIpc) is 2.39. The van der Waals surface area contributed by atoms with Gasteiger partial charge < -0.3 is 10.2 Å². The van der Waals surface area contributed by atoms with Crippen LogP contribution in [-0.2, 0) is 10.8 Å². The van der Waals surface area contributed by atoms with Crippen molar-refractivity contribution in [3.05, 3.63) is 23.9 Å². The van der Waals surface area contributed by atoms with Gasteiger partial charge in [-0.3, -0.25) is 4.21 Å². The number of aromatic nitrogens is 1. The zero-order chi connectivity index (χ0) is 12.3. The van der Waals surface area contributed by atoms with E-state index in [1.54, 1.807) is 0 Å². The molecule has 2 heterocycles. The van der Waals surface area contributed by atoms with Crippen LogP contribution in [0.1, 0.15) is 18.5 Å². The highest BCUT2D eigenvalue weighted by atomic mass is 32.2. The Morgan fingerprint density at radius 2 is 2.18 bits per heavy atom. The van der Waals surface area contributed by atoms with Crippen molar-refractivity contribution in [2.24, 2.45) is 0 Å². The summed E-state index contributed by atoms with van der Waals surface area (Å²) in [5.41, 5.74) is 1.24. The van der Waals surface area contributed by atoms with Crippen molar-refractivity contribution in [2.75, 3.05) is 36.5 Å². The van der Waals surface area contributed by atoms with Crippen molar-refractivity contribution in [2.45, 2.75) is 13.0 Å². The molecule has 5 heteroatoms. The molecule has 0 amide bonds. The Morgan fingerprint density at radius 3 is 2.82 bits per heavy atom. The normalized spacial score (nSPS) is 19.3. The van der Waals surface area contributed by atoms with Gasteiger partial charge in [0.1, 0.15) is 5.82 Å². The monoisotopic (exact) mass is 253 g/mol. The molecule has 0 aliphatic carbocycles. The van der Waals surface area contributed by atoms with E-state index < -0.39 is 10.8 Å². The number of hydrogen-bond acceptors (Lipinski definition) is 4. The quantitative estimate of drug-likeness (QED) is 0.870. The van der Waals surface area contributed by atoms with Crippen molar-refractivity contribution in [3.63, 3.8) is 0 Å². The summed E-state index contributed by atoms with van der Waals surface area (Å²) in [6.07, 6.45) is 1.85. The summed E-state index contributed by atoms with van der Waals surface area (Å²) in [7, 11) is 1.32. The first-order chi connectivity index (χ1) is 8.20. The molecule has 0 aromatic carbocycles. The third kappa shape index (κ3) is 3.04. The molecule has 1 fully saturated rings. The number of hydrogen-bond donors (Lipinski definition) is 1. The van der Waals surface area contributed by atoms with Crippen LogP contribution in [0.25, 0.3) is 0 Å². The lowest BCUT2D eigenvalue weighted by Gasteiger charge is -2.28. The van der Waals surface area contributed by atoms with Crippen LogP contribution in [0, 0.1) is 0 Å². The summed E-state index contributed by atoms with van der Waals surface area (Å²) < 4.78 is 11.3. The molecule has 1 unspecified atom stereocenters. The van der Waals surface area contributed by atoms with Crippen LogP contribution in [-0.4, -0.2) is 40.8 Å². The lowest BCUT2D eigenvalue weighted by molar-refractivity contribution is 0.649. The van der Waals surface area contributed by atoms with Gasteiger partial charge in [0, 0.05) is 47.6 Å². The second kappa shape index (κ2) is 5.60.